The Balaban J connectivity index is 0.00000289. The van der Waals surface area contributed by atoms with Gasteiger partial charge in [0.05, 0.1) is 16.3 Å². The van der Waals surface area contributed by atoms with Gasteiger partial charge in [0, 0.05) is 10.8 Å². The van der Waals surface area contributed by atoms with Crippen LogP contribution in [-0.2, 0) is 37.3 Å². The molecular formula is C20H12MnN2O7S2. The Hall–Kier alpha value is -2.86. The molecule has 0 heterocycles. The van der Waals surface area contributed by atoms with Crippen molar-refractivity contribution in [2.24, 2.45) is 10.2 Å². The predicted molar refractivity (Wildman–Crippen MR) is 109 cm³/mol. The largest absolute Gasteiger partial charge is 2.00 e. The number of rotatable bonds is 4. The van der Waals surface area contributed by atoms with Crippen molar-refractivity contribution in [1.82, 2.24) is 0 Å². The summed E-state index contributed by atoms with van der Waals surface area (Å²) in [7, 11) is -9.81. The standard InChI is InChI=1S/C20H14N2O7S2.Mn/c23-18-8-5-12-3-1-2-4-17(12)20(18)22-21-14-6-7-16-13(9-14)10-15(30(24,25)26)11-19(16)31(27,28)29;/h1-11,23H,(H,24,25,26)(H,27,28,29);/q;+2/p-2. The maximum absolute atomic E-state index is 12.2. The zero-order valence-corrected chi connectivity index (χ0v) is 18.6. The first-order chi connectivity index (χ1) is 14.5. The Labute approximate surface area is 193 Å². The summed E-state index contributed by atoms with van der Waals surface area (Å²) in [6.07, 6.45) is 0. The van der Waals surface area contributed by atoms with Crippen LogP contribution in [-0.4, -0.2) is 25.9 Å². The van der Waals surface area contributed by atoms with Crippen LogP contribution in [0, 0.1) is 0 Å². The fraction of sp³-hybridized carbons (Fsp3) is 0. The molecular weight excluding hydrogens is 499 g/mol. The molecule has 0 saturated carbocycles. The molecule has 0 spiro atoms. The van der Waals surface area contributed by atoms with Crippen LogP contribution < -0.4 is 5.11 Å². The van der Waals surface area contributed by atoms with Crippen LogP contribution in [0.25, 0.3) is 21.5 Å². The van der Waals surface area contributed by atoms with E-state index in [9.17, 15) is 31.0 Å². The third-order valence-electron chi connectivity index (χ3n) is 4.57. The van der Waals surface area contributed by atoms with Crippen LogP contribution in [0.1, 0.15) is 0 Å². The topological polar surface area (TPSA) is 159 Å². The summed E-state index contributed by atoms with van der Waals surface area (Å²) in [5, 5.41) is 21.7. The van der Waals surface area contributed by atoms with Gasteiger partial charge in [-0.3, -0.25) is 4.55 Å². The molecule has 0 aliphatic carbocycles. The number of benzene rings is 4. The minimum absolute atomic E-state index is 0. The molecule has 4 rings (SSSR count). The van der Waals surface area contributed by atoms with E-state index in [-0.39, 0.29) is 45.0 Å². The Morgan fingerprint density at radius 1 is 0.781 bits per heavy atom. The second-order valence-corrected chi connectivity index (χ2v) is 9.36. The molecule has 0 atom stereocenters. The van der Waals surface area contributed by atoms with Gasteiger partial charge in [-0.05, 0) is 35.0 Å². The average Bonchev–Trinajstić information content (AvgIpc) is 2.70. The Kier molecular flexibility index (Phi) is 6.38. The molecule has 12 heteroatoms. The van der Waals surface area contributed by atoms with Gasteiger partial charge in [0.15, 0.2) is 0 Å². The monoisotopic (exact) mass is 511 g/mol. The van der Waals surface area contributed by atoms with Crippen molar-refractivity contribution in [3.05, 3.63) is 66.7 Å². The predicted octanol–water partition coefficient (Wildman–Crippen LogP) is 3.63. The van der Waals surface area contributed by atoms with Crippen LogP contribution in [0.15, 0.2) is 86.7 Å². The molecule has 0 saturated heterocycles. The van der Waals surface area contributed by atoms with Crippen molar-refractivity contribution >= 4 is 53.2 Å². The summed E-state index contributed by atoms with van der Waals surface area (Å²) < 4.78 is 67.0. The van der Waals surface area contributed by atoms with Crippen molar-refractivity contribution in [1.29, 1.82) is 0 Å². The van der Waals surface area contributed by atoms with Gasteiger partial charge in [-0.2, -0.15) is 18.6 Å². The maximum Gasteiger partial charge on any atom is 2.00 e. The third-order valence-corrected chi connectivity index (χ3v) is 6.27. The molecule has 1 radical (unpaired) electrons. The molecule has 163 valence electrons. The third kappa shape index (κ3) is 4.65. The van der Waals surface area contributed by atoms with Crippen molar-refractivity contribution in [2.75, 3.05) is 0 Å². The summed E-state index contributed by atoms with van der Waals surface area (Å²) >= 11 is 0. The fourth-order valence-electron chi connectivity index (χ4n) is 3.16. The molecule has 4 aromatic carbocycles. The summed E-state index contributed by atoms with van der Waals surface area (Å²) in [5.41, 5.74) is 0.272. The van der Waals surface area contributed by atoms with E-state index in [0.29, 0.717) is 11.5 Å². The van der Waals surface area contributed by atoms with Gasteiger partial charge in [-0.25, -0.2) is 8.42 Å². The number of hydrogen-bond donors (Lipinski definition) is 1. The first-order valence-corrected chi connectivity index (χ1v) is 11.5. The van der Waals surface area contributed by atoms with E-state index in [1.807, 2.05) is 12.1 Å². The van der Waals surface area contributed by atoms with Gasteiger partial charge in [0.1, 0.15) is 15.0 Å². The zero-order valence-electron chi connectivity index (χ0n) is 15.8. The maximum atomic E-state index is 12.2. The van der Waals surface area contributed by atoms with Crippen LogP contribution in [0.2, 0.25) is 0 Å². The van der Waals surface area contributed by atoms with E-state index in [4.69, 9.17) is 0 Å². The van der Waals surface area contributed by atoms with Crippen LogP contribution in [0.3, 0.4) is 0 Å². The number of azo groups is 1. The molecule has 0 aromatic heterocycles. The molecule has 0 bridgehead atoms. The Morgan fingerprint density at radius 2 is 1.50 bits per heavy atom. The van der Waals surface area contributed by atoms with Gasteiger partial charge in [0.25, 0.3) is 10.1 Å². The van der Waals surface area contributed by atoms with Gasteiger partial charge >= 0.3 is 17.1 Å². The molecule has 0 aliphatic heterocycles. The van der Waals surface area contributed by atoms with Crippen molar-refractivity contribution in [3.63, 3.8) is 0 Å². The molecule has 0 fully saturated rings. The second kappa shape index (κ2) is 8.58. The molecule has 1 N–H and O–H groups in total. The molecule has 4 aromatic rings. The second-order valence-electron chi connectivity index (χ2n) is 6.59. The fourth-order valence-corrected chi connectivity index (χ4v) is 4.51. The SMILES string of the molecule is O=S(=O)([O-])c1cc(S(=O)(=O)O)c2ccc(N=Nc3c([O-])ccc4ccccc34)cc2c1.[Mn+2]. The van der Waals surface area contributed by atoms with Crippen molar-refractivity contribution < 1.29 is 48.1 Å². The summed E-state index contributed by atoms with van der Waals surface area (Å²) in [4.78, 5) is -1.54. The quantitative estimate of drug-likeness (QED) is 0.249. The van der Waals surface area contributed by atoms with Crippen molar-refractivity contribution in [2.45, 2.75) is 9.79 Å². The summed E-state index contributed by atoms with van der Waals surface area (Å²) in [5.74, 6) is -0.350. The first-order valence-electron chi connectivity index (χ1n) is 8.66. The average molecular weight is 511 g/mol. The normalized spacial score (nSPS) is 12.3. The molecule has 0 aliphatic rings. The van der Waals surface area contributed by atoms with E-state index in [1.165, 1.54) is 24.3 Å². The smallest absolute Gasteiger partial charge is 0.871 e. The van der Waals surface area contributed by atoms with Crippen LogP contribution >= 0.6 is 0 Å². The van der Waals surface area contributed by atoms with E-state index in [0.717, 1.165) is 11.5 Å². The first kappa shape index (κ1) is 23.8. The number of hydrogen-bond acceptors (Lipinski definition) is 8. The molecule has 9 nitrogen and oxygen atoms in total. The number of nitrogens with zero attached hydrogens (tertiary/aromatic N) is 2. The minimum Gasteiger partial charge on any atom is -0.871 e. The van der Waals surface area contributed by atoms with Gasteiger partial charge in [0.2, 0.25) is 0 Å². The minimum atomic E-state index is -5.00. The number of fused-ring (bicyclic) bond motifs is 2. The Bertz CT molecular complexity index is 1600. The molecule has 32 heavy (non-hydrogen) atoms. The molecule has 0 amide bonds. The van der Waals surface area contributed by atoms with Crippen molar-refractivity contribution in [3.8, 4) is 5.75 Å². The zero-order chi connectivity index (χ0) is 22.4. The van der Waals surface area contributed by atoms with E-state index < -0.39 is 30.0 Å². The van der Waals surface area contributed by atoms with E-state index >= 15 is 0 Å². The Morgan fingerprint density at radius 3 is 2.19 bits per heavy atom. The van der Waals surface area contributed by atoms with Crippen LogP contribution in [0.5, 0.6) is 5.75 Å². The molecule has 0 unspecified atom stereocenters. The van der Waals surface area contributed by atoms with Gasteiger partial charge in [-0.15, -0.1) is 0 Å². The van der Waals surface area contributed by atoms with E-state index in [1.54, 1.807) is 18.2 Å². The summed E-state index contributed by atoms with van der Waals surface area (Å²) in [6.45, 7) is 0. The van der Waals surface area contributed by atoms with E-state index in [2.05, 4.69) is 10.2 Å². The van der Waals surface area contributed by atoms with Gasteiger partial charge in [-0.1, -0.05) is 48.2 Å². The van der Waals surface area contributed by atoms with Crippen LogP contribution in [0.4, 0.5) is 11.4 Å². The van der Waals surface area contributed by atoms with Gasteiger partial charge < -0.3 is 9.66 Å². The summed E-state index contributed by atoms with van der Waals surface area (Å²) in [6, 6.07) is 15.6.